The summed E-state index contributed by atoms with van der Waals surface area (Å²) in [6.45, 7) is 9.09. The molecule has 0 aromatic carbocycles. The zero-order valence-corrected chi connectivity index (χ0v) is 13.1. The number of carbonyl (C=O) groups is 1. The van der Waals surface area contributed by atoms with E-state index in [9.17, 15) is 4.79 Å². The molecule has 2 fully saturated rings. The van der Waals surface area contributed by atoms with Crippen molar-refractivity contribution in [2.75, 3.05) is 45.8 Å². The van der Waals surface area contributed by atoms with E-state index in [4.69, 9.17) is 0 Å². The molecular formula is C16H31N3O. The van der Waals surface area contributed by atoms with E-state index < -0.39 is 0 Å². The van der Waals surface area contributed by atoms with Crippen molar-refractivity contribution in [2.45, 2.75) is 45.4 Å². The SMILES string of the molecule is CCNCC1CCCN(CC(=O)N2CCCCCC2)C1. The smallest absolute Gasteiger partial charge is 0.236 e. The van der Waals surface area contributed by atoms with Crippen LogP contribution in [0.3, 0.4) is 0 Å². The topological polar surface area (TPSA) is 35.6 Å². The van der Waals surface area contributed by atoms with E-state index in [0.717, 1.165) is 45.2 Å². The van der Waals surface area contributed by atoms with Gasteiger partial charge < -0.3 is 10.2 Å². The lowest BCUT2D eigenvalue weighted by atomic mass is 9.98. The van der Waals surface area contributed by atoms with Gasteiger partial charge in [-0.05, 0) is 51.2 Å². The number of hydrogen-bond acceptors (Lipinski definition) is 3. The Morgan fingerprint density at radius 3 is 2.55 bits per heavy atom. The van der Waals surface area contributed by atoms with Gasteiger partial charge in [-0.1, -0.05) is 19.8 Å². The number of piperidine rings is 1. The van der Waals surface area contributed by atoms with Gasteiger partial charge in [-0.15, -0.1) is 0 Å². The fourth-order valence-electron chi connectivity index (χ4n) is 3.42. The van der Waals surface area contributed by atoms with Crippen LogP contribution >= 0.6 is 0 Å². The van der Waals surface area contributed by atoms with Crippen molar-refractivity contribution in [1.29, 1.82) is 0 Å². The first-order valence-corrected chi connectivity index (χ1v) is 8.50. The van der Waals surface area contributed by atoms with Crippen LogP contribution < -0.4 is 5.32 Å². The minimum absolute atomic E-state index is 0.357. The monoisotopic (exact) mass is 281 g/mol. The van der Waals surface area contributed by atoms with Crippen molar-refractivity contribution in [3.05, 3.63) is 0 Å². The Balaban J connectivity index is 1.74. The van der Waals surface area contributed by atoms with E-state index in [1.54, 1.807) is 0 Å². The summed E-state index contributed by atoms with van der Waals surface area (Å²) < 4.78 is 0. The normalized spacial score (nSPS) is 25.4. The molecule has 2 rings (SSSR count). The van der Waals surface area contributed by atoms with Gasteiger partial charge in [0.15, 0.2) is 0 Å². The number of hydrogen-bond donors (Lipinski definition) is 1. The largest absolute Gasteiger partial charge is 0.342 e. The average Bonchev–Trinajstić information content (AvgIpc) is 2.74. The maximum absolute atomic E-state index is 12.4. The molecule has 1 amide bonds. The fraction of sp³-hybridized carbons (Fsp3) is 0.938. The molecule has 0 aromatic rings. The van der Waals surface area contributed by atoms with Gasteiger partial charge in [0.2, 0.25) is 5.91 Å². The zero-order chi connectivity index (χ0) is 14.2. The summed E-state index contributed by atoms with van der Waals surface area (Å²) in [5.74, 6) is 1.08. The van der Waals surface area contributed by atoms with E-state index in [2.05, 4.69) is 22.0 Å². The van der Waals surface area contributed by atoms with Crippen LogP contribution in [-0.2, 0) is 4.79 Å². The van der Waals surface area contributed by atoms with Crippen molar-refractivity contribution in [1.82, 2.24) is 15.1 Å². The van der Waals surface area contributed by atoms with Gasteiger partial charge in [-0.2, -0.15) is 0 Å². The summed E-state index contributed by atoms with van der Waals surface area (Å²) in [5, 5.41) is 3.44. The standard InChI is InChI=1S/C16H31N3O/c1-2-17-12-15-8-7-9-18(13-15)14-16(20)19-10-5-3-4-6-11-19/h15,17H,2-14H2,1H3. The summed E-state index contributed by atoms with van der Waals surface area (Å²) >= 11 is 0. The number of rotatable bonds is 5. The van der Waals surface area contributed by atoms with Crippen LogP contribution in [0.4, 0.5) is 0 Å². The van der Waals surface area contributed by atoms with Crippen molar-refractivity contribution < 1.29 is 4.79 Å². The van der Waals surface area contributed by atoms with E-state index in [0.29, 0.717) is 12.5 Å². The number of nitrogens with one attached hydrogen (secondary N) is 1. The van der Waals surface area contributed by atoms with Crippen molar-refractivity contribution >= 4 is 5.91 Å². The maximum Gasteiger partial charge on any atom is 0.236 e. The van der Waals surface area contributed by atoms with Crippen molar-refractivity contribution in [2.24, 2.45) is 5.92 Å². The van der Waals surface area contributed by atoms with Gasteiger partial charge in [0.25, 0.3) is 0 Å². The molecule has 4 nitrogen and oxygen atoms in total. The van der Waals surface area contributed by atoms with Crippen molar-refractivity contribution in [3.63, 3.8) is 0 Å². The lowest BCUT2D eigenvalue weighted by Gasteiger charge is -2.33. The second kappa shape index (κ2) is 8.63. The Morgan fingerprint density at radius 2 is 1.85 bits per heavy atom. The van der Waals surface area contributed by atoms with Crippen LogP contribution in [0.1, 0.15) is 45.4 Å². The molecule has 1 N–H and O–H groups in total. The molecule has 2 saturated heterocycles. The van der Waals surface area contributed by atoms with Gasteiger partial charge in [-0.25, -0.2) is 0 Å². The van der Waals surface area contributed by atoms with Crippen LogP contribution in [0.5, 0.6) is 0 Å². The molecule has 0 bridgehead atoms. The summed E-state index contributed by atoms with van der Waals surface area (Å²) in [6.07, 6.45) is 7.50. The second-order valence-corrected chi connectivity index (χ2v) is 6.35. The number of amides is 1. The highest BCUT2D eigenvalue weighted by Crippen LogP contribution is 2.16. The lowest BCUT2D eigenvalue weighted by Crippen LogP contribution is -2.46. The number of nitrogens with zero attached hydrogens (tertiary/aromatic N) is 2. The Bertz CT molecular complexity index is 287. The van der Waals surface area contributed by atoms with Crippen LogP contribution in [0, 0.1) is 5.92 Å². The molecule has 4 heteroatoms. The van der Waals surface area contributed by atoms with Gasteiger partial charge >= 0.3 is 0 Å². The van der Waals surface area contributed by atoms with Gasteiger partial charge in [-0.3, -0.25) is 9.69 Å². The molecule has 0 aromatic heterocycles. The molecule has 116 valence electrons. The van der Waals surface area contributed by atoms with Crippen LogP contribution in [0.25, 0.3) is 0 Å². The molecule has 0 saturated carbocycles. The van der Waals surface area contributed by atoms with E-state index in [1.807, 2.05) is 0 Å². The first-order valence-electron chi connectivity index (χ1n) is 8.50. The predicted molar refractivity (Wildman–Crippen MR) is 82.8 cm³/mol. The highest BCUT2D eigenvalue weighted by molar-refractivity contribution is 5.78. The average molecular weight is 281 g/mol. The van der Waals surface area contributed by atoms with E-state index in [-0.39, 0.29) is 0 Å². The molecule has 1 atom stereocenters. The Labute approximate surface area is 123 Å². The summed E-state index contributed by atoms with van der Waals surface area (Å²) in [5.41, 5.74) is 0. The first-order chi connectivity index (χ1) is 9.79. The number of carbonyl (C=O) groups excluding carboxylic acids is 1. The lowest BCUT2D eigenvalue weighted by molar-refractivity contribution is -0.132. The molecule has 0 radical (unpaired) electrons. The van der Waals surface area contributed by atoms with Gasteiger partial charge in [0, 0.05) is 19.6 Å². The molecule has 1 unspecified atom stereocenters. The van der Waals surface area contributed by atoms with Crippen LogP contribution in [0.2, 0.25) is 0 Å². The predicted octanol–water partition coefficient (Wildman–Crippen LogP) is 1.71. The molecule has 2 aliphatic rings. The quantitative estimate of drug-likeness (QED) is 0.833. The Kier molecular flexibility index (Phi) is 6.80. The highest BCUT2D eigenvalue weighted by atomic mass is 16.2. The molecule has 0 spiro atoms. The number of likely N-dealkylation sites (tertiary alicyclic amines) is 2. The molecular weight excluding hydrogens is 250 g/mol. The third-order valence-electron chi connectivity index (χ3n) is 4.60. The van der Waals surface area contributed by atoms with Crippen LogP contribution in [-0.4, -0.2) is 61.5 Å². The molecule has 2 heterocycles. The van der Waals surface area contributed by atoms with Gasteiger partial charge in [0.1, 0.15) is 0 Å². The Hall–Kier alpha value is -0.610. The van der Waals surface area contributed by atoms with Crippen molar-refractivity contribution in [3.8, 4) is 0 Å². The highest BCUT2D eigenvalue weighted by Gasteiger charge is 2.23. The molecule has 2 aliphatic heterocycles. The van der Waals surface area contributed by atoms with E-state index >= 15 is 0 Å². The fourth-order valence-corrected chi connectivity index (χ4v) is 3.42. The third-order valence-corrected chi connectivity index (χ3v) is 4.60. The Morgan fingerprint density at radius 1 is 1.10 bits per heavy atom. The summed E-state index contributed by atoms with van der Waals surface area (Å²) in [6, 6.07) is 0. The minimum atomic E-state index is 0.357. The molecule has 0 aliphatic carbocycles. The van der Waals surface area contributed by atoms with Crippen LogP contribution in [0.15, 0.2) is 0 Å². The third kappa shape index (κ3) is 5.06. The maximum atomic E-state index is 12.4. The van der Waals surface area contributed by atoms with E-state index in [1.165, 1.54) is 38.5 Å². The zero-order valence-electron chi connectivity index (χ0n) is 13.1. The first kappa shape index (κ1) is 15.8. The molecule has 20 heavy (non-hydrogen) atoms. The second-order valence-electron chi connectivity index (χ2n) is 6.35. The van der Waals surface area contributed by atoms with Gasteiger partial charge in [0.05, 0.1) is 6.54 Å². The summed E-state index contributed by atoms with van der Waals surface area (Å²) in [7, 11) is 0. The summed E-state index contributed by atoms with van der Waals surface area (Å²) in [4.78, 5) is 16.9. The minimum Gasteiger partial charge on any atom is -0.342 e.